The van der Waals surface area contributed by atoms with E-state index in [-0.39, 0.29) is 5.91 Å². The predicted molar refractivity (Wildman–Crippen MR) is 84.4 cm³/mol. The molecule has 0 bridgehead atoms. The summed E-state index contributed by atoms with van der Waals surface area (Å²) in [6.45, 7) is 7.21. The van der Waals surface area contributed by atoms with Crippen LogP contribution >= 0.6 is 0 Å². The van der Waals surface area contributed by atoms with E-state index in [1.165, 1.54) is 5.56 Å². The van der Waals surface area contributed by atoms with Crippen molar-refractivity contribution < 1.29 is 9.53 Å². The van der Waals surface area contributed by atoms with Crippen molar-refractivity contribution in [3.05, 3.63) is 35.9 Å². The quantitative estimate of drug-likeness (QED) is 0.803. The van der Waals surface area contributed by atoms with E-state index in [1.54, 1.807) is 7.11 Å². The topological polar surface area (TPSA) is 32.8 Å². The van der Waals surface area contributed by atoms with Crippen LogP contribution in [0.15, 0.2) is 30.3 Å². The third-order valence-electron chi connectivity index (χ3n) is 4.15. The number of carbonyl (C=O) groups is 1. The van der Waals surface area contributed by atoms with Crippen molar-refractivity contribution in [3.63, 3.8) is 0 Å². The molecule has 4 heteroatoms. The van der Waals surface area contributed by atoms with Gasteiger partial charge in [0.1, 0.15) is 0 Å². The van der Waals surface area contributed by atoms with E-state index in [1.807, 2.05) is 4.90 Å². The number of carbonyl (C=O) groups excluding carboxylic acids is 1. The first-order valence-electron chi connectivity index (χ1n) is 7.74. The first-order valence-corrected chi connectivity index (χ1v) is 7.74. The van der Waals surface area contributed by atoms with Gasteiger partial charge in [-0.1, -0.05) is 37.3 Å². The molecule has 1 saturated heterocycles. The van der Waals surface area contributed by atoms with E-state index < -0.39 is 0 Å². The molecule has 0 aromatic heterocycles. The average molecular weight is 290 g/mol. The molecule has 1 aromatic rings. The molecule has 1 atom stereocenters. The van der Waals surface area contributed by atoms with Crippen LogP contribution < -0.4 is 0 Å². The molecule has 4 nitrogen and oxygen atoms in total. The molecule has 0 radical (unpaired) electrons. The first-order chi connectivity index (χ1) is 10.2. The van der Waals surface area contributed by atoms with Crippen LogP contribution in [-0.4, -0.2) is 62.1 Å². The Morgan fingerprint density at radius 1 is 1.19 bits per heavy atom. The van der Waals surface area contributed by atoms with Crippen molar-refractivity contribution >= 4 is 5.91 Å². The van der Waals surface area contributed by atoms with Gasteiger partial charge < -0.3 is 14.5 Å². The SMILES string of the molecule is COCCN1CCN(CC(C)c2ccccc2)CCC1=O. The molecule has 1 unspecified atom stereocenters. The summed E-state index contributed by atoms with van der Waals surface area (Å²) in [6, 6.07) is 10.6. The standard InChI is InChI=1S/C17H26N2O2/c1-15(16-6-4-3-5-7-16)14-18-9-8-17(20)19(11-10-18)12-13-21-2/h3-7,15H,8-14H2,1-2H3. The number of nitrogens with zero attached hydrogens (tertiary/aromatic N) is 2. The number of rotatable bonds is 6. The number of hydrogen-bond donors (Lipinski definition) is 0. The van der Waals surface area contributed by atoms with Gasteiger partial charge in [0.05, 0.1) is 6.61 Å². The lowest BCUT2D eigenvalue weighted by Gasteiger charge is -2.24. The van der Waals surface area contributed by atoms with Crippen LogP contribution in [-0.2, 0) is 9.53 Å². The van der Waals surface area contributed by atoms with Crippen molar-refractivity contribution in [1.82, 2.24) is 9.80 Å². The summed E-state index contributed by atoms with van der Waals surface area (Å²) in [6.07, 6.45) is 0.616. The van der Waals surface area contributed by atoms with Crippen LogP contribution in [0.5, 0.6) is 0 Å². The molecule has 0 spiro atoms. The van der Waals surface area contributed by atoms with Gasteiger partial charge in [-0.05, 0) is 11.5 Å². The highest BCUT2D eigenvalue weighted by molar-refractivity contribution is 5.76. The van der Waals surface area contributed by atoms with Crippen molar-refractivity contribution in [1.29, 1.82) is 0 Å². The summed E-state index contributed by atoms with van der Waals surface area (Å²) in [4.78, 5) is 16.4. The lowest BCUT2D eigenvalue weighted by atomic mass is 10.0. The monoisotopic (exact) mass is 290 g/mol. The lowest BCUT2D eigenvalue weighted by molar-refractivity contribution is -0.130. The van der Waals surface area contributed by atoms with Crippen LogP contribution in [0.4, 0.5) is 0 Å². The van der Waals surface area contributed by atoms with E-state index in [2.05, 4.69) is 42.2 Å². The highest BCUT2D eigenvalue weighted by Crippen LogP contribution is 2.17. The Balaban J connectivity index is 1.86. The summed E-state index contributed by atoms with van der Waals surface area (Å²) in [5.41, 5.74) is 1.37. The van der Waals surface area contributed by atoms with Crippen LogP contribution in [0.25, 0.3) is 0 Å². The first kappa shape index (κ1) is 16.0. The van der Waals surface area contributed by atoms with E-state index >= 15 is 0 Å². The fourth-order valence-electron chi connectivity index (χ4n) is 2.81. The molecule has 1 amide bonds. The van der Waals surface area contributed by atoms with E-state index in [4.69, 9.17) is 4.74 Å². The normalized spacial score (nSPS) is 18.6. The van der Waals surface area contributed by atoms with Crippen LogP contribution in [0.3, 0.4) is 0 Å². The second kappa shape index (κ2) is 8.15. The van der Waals surface area contributed by atoms with E-state index in [0.717, 1.165) is 26.2 Å². The fourth-order valence-corrected chi connectivity index (χ4v) is 2.81. The molecule has 1 fully saturated rings. The van der Waals surface area contributed by atoms with Crippen LogP contribution in [0, 0.1) is 0 Å². The zero-order valence-corrected chi connectivity index (χ0v) is 13.1. The number of methoxy groups -OCH3 is 1. The Morgan fingerprint density at radius 3 is 2.67 bits per heavy atom. The molecule has 0 aliphatic carbocycles. The molecule has 1 aliphatic heterocycles. The minimum atomic E-state index is 0.252. The number of benzene rings is 1. The minimum Gasteiger partial charge on any atom is -0.383 e. The lowest BCUT2D eigenvalue weighted by Crippen LogP contribution is -2.36. The summed E-state index contributed by atoms with van der Waals surface area (Å²) >= 11 is 0. The number of amides is 1. The average Bonchev–Trinajstić information content (AvgIpc) is 2.68. The summed E-state index contributed by atoms with van der Waals surface area (Å²) in [7, 11) is 1.68. The third kappa shape index (κ3) is 4.83. The van der Waals surface area contributed by atoms with Gasteiger partial charge in [0.2, 0.25) is 5.91 Å². The molecular formula is C17H26N2O2. The molecule has 1 aliphatic rings. The molecule has 116 valence electrons. The van der Waals surface area contributed by atoms with Gasteiger partial charge in [-0.25, -0.2) is 0 Å². The molecule has 0 N–H and O–H groups in total. The van der Waals surface area contributed by atoms with Gasteiger partial charge in [0, 0.05) is 46.3 Å². The Hall–Kier alpha value is -1.39. The highest BCUT2D eigenvalue weighted by Gasteiger charge is 2.21. The van der Waals surface area contributed by atoms with E-state index in [9.17, 15) is 4.79 Å². The molecule has 1 heterocycles. The van der Waals surface area contributed by atoms with Crippen molar-refractivity contribution in [2.24, 2.45) is 0 Å². The minimum absolute atomic E-state index is 0.252. The summed E-state index contributed by atoms with van der Waals surface area (Å²) < 4.78 is 5.08. The second-order valence-corrected chi connectivity index (χ2v) is 5.74. The molecule has 21 heavy (non-hydrogen) atoms. The maximum Gasteiger partial charge on any atom is 0.223 e. The van der Waals surface area contributed by atoms with Gasteiger partial charge in [0.25, 0.3) is 0 Å². The largest absolute Gasteiger partial charge is 0.383 e. The second-order valence-electron chi connectivity index (χ2n) is 5.74. The van der Waals surface area contributed by atoms with Crippen molar-refractivity contribution in [3.8, 4) is 0 Å². The molecule has 2 rings (SSSR count). The molecular weight excluding hydrogens is 264 g/mol. The van der Waals surface area contributed by atoms with Crippen LogP contribution in [0.1, 0.15) is 24.8 Å². The van der Waals surface area contributed by atoms with Gasteiger partial charge >= 0.3 is 0 Å². The maximum absolute atomic E-state index is 12.1. The zero-order valence-electron chi connectivity index (χ0n) is 13.1. The third-order valence-corrected chi connectivity index (χ3v) is 4.15. The van der Waals surface area contributed by atoms with Crippen molar-refractivity contribution in [2.45, 2.75) is 19.3 Å². The summed E-state index contributed by atoms with van der Waals surface area (Å²) in [5, 5.41) is 0. The van der Waals surface area contributed by atoms with Gasteiger partial charge in [-0.3, -0.25) is 4.79 Å². The Bertz CT molecular complexity index is 436. The summed E-state index contributed by atoms with van der Waals surface area (Å²) in [5.74, 6) is 0.744. The zero-order chi connectivity index (χ0) is 15.1. The molecule has 0 saturated carbocycles. The fraction of sp³-hybridized carbons (Fsp3) is 0.588. The van der Waals surface area contributed by atoms with Gasteiger partial charge in [-0.2, -0.15) is 0 Å². The Labute approximate surface area is 127 Å². The van der Waals surface area contributed by atoms with Gasteiger partial charge in [0.15, 0.2) is 0 Å². The maximum atomic E-state index is 12.1. The van der Waals surface area contributed by atoms with Crippen LogP contribution in [0.2, 0.25) is 0 Å². The van der Waals surface area contributed by atoms with E-state index in [0.29, 0.717) is 25.5 Å². The predicted octanol–water partition coefficient (Wildman–Crippen LogP) is 1.97. The number of ether oxygens (including phenoxy) is 1. The smallest absolute Gasteiger partial charge is 0.223 e. The molecule has 1 aromatic carbocycles. The van der Waals surface area contributed by atoms with Gasteiger partial charge in [-0.15, -0.1) is 0 Å². The Morgan fingerprint density at radius 2 is 1.95 bits per heavy atom. The number of hydrogen-bond acceptors (Lipinski definition) is 3. The van der Waals surface area contributed by atoms with Crippen molar-refractivity contribution in [2.75, 3.05) is 46.4 Å². The highest BCUT2D eigenvalue weighted by atomic mass is 16.5. The Kier molecular flexibility index (Phi) is 6.21.